The van der Waals surface area contributed by atoms with E-state index in [9.17, 15) is 21.6 Å². The highest BCUT2D eigenvalue weighted by atomic mass is 35.5. The van der Waals surface area contributed by atoms with Gasteiger partial charge in [-0.25, -0.2) is 23.5 Å². The van der Waals surface area contributed by atoms with Crippen LogP contribution in [0.25, 0.3) is 0 Å². The molecule has 22 heavy (non-hydrogen) atoms. The van der Waals surface area contributed by atoms with Crippen LogP contribution in [0.5, 0.6) is 0 Å². The third-order valence-electron chi connectivity index (χ3n) is 2.49. The number of nitrogens with one attached hydrogen (secondary N) is 1. The first kappa shape index (κ1) is 16.5. The van der Waals surface area contributed by atoms with Crippen molar-refractivity contribution in [3.63, 3.8) is 0 Å². The summed E-state index contributed by atoms with van der Waals surface area (Å²) in [5.74, 6) is -0.165. The average molecular weight is 353 g/mol. The van der Waals surface area contributed by atoms with Gasteiger partial charge in [-0.15, -0.1) is 0 Å². The Bertz CT molecular complexity index is 794. The quantitative estimate of drug-likeness (QED) is 0.827. The number of hydrogen-bond acceptors (Lipinski definition) is 5. The molecule has 0 aliphatic rings. The van der Waals surface area contributed by atoms with E-state index in [1.807, 2.05) is 0 Å². The molecule has 0 amide bonds. The van der Waals surface area contributed by atoms with E-state index in [0.29, 0.717) is 11.9 Å². The molecule has 118 valence electrons. The normalized spacial score (nSPS) is 12.2. The van der Waals surface area contributed by atoms with Crippen molar-refractivity contribution in [2.24, 2.45) is 5.14 Å². The highest BCUT2D eigenvalue weighted by molar-refractivity contribution is 7.89. The summed E-state index contributed by atoms with van der Waals surface area (Å²) in [4.78, 5) is 6.88. The first-order chi connectivity index (χ1) is 10.1. The molecule has 2 aromatic rings. The van der Waals surface area contributed by atoms with E-state index in [4.69, 9.17) is 16.7 Å². The Morgan fingerprint density at radius 2 is 1.77 bits per heavy atom. The topological polar surface area (TPSA) is 98.0 Å². The highest BCUT2D eigenvalue weighted by Gasteiger charge is 2.34. The summed E-state index contributed by atoms with van der Waals surface area (Å²) in [6, 6.07) is 5.16. The number of alkyl halides is 3. The molecule has 0 radical (unpaired) electrons. The van der Waals surface area contributed by atoms with Crippen molar-refractivity contribution < 1.29 is 21.6 Å². The van der Waals surface area contributed by atoms with E-state index in [-0.39, 0.29) is 10.8 Å². The van der Waals surface area contributed by atoms with Crippen LogP contribution in [-0.2, 0) is 16.2 Å². The number of benzene rings is 1. The van der Waals surface area contributed by atoms with Gasteiger partial charge in [0.05, 0.1) is 4.90 Å². The van der Waals surface area contributed by atoms with Gasteiger partial charge in [0.15, 0.2) is 0 Å². The first-order valence-corrected chi connectivity index (χ1v) is 7.49. The number of primary sulfonamides is 1. The first-order valence-electron chi connectivity index (χ1n) is 5.57. The number of nitrogens with zero attached hydrogens (tertiary/aromatic N) is 2. The molecule has 0 aliphatic heterocycles. The Labute approximate surface area is 128 Å². The fourth-order valence-corrected chi connectivity index (χ4v) is 2.22. The van der Waals surface area contributed by atoms with Gasteiger partial charge in [0.25, 0.3) is 0 Å². The average Bonchev–Trinajstić information content (AvgIpc) is 2.36. The van der Waals surface area contributed by atoms with Gasteiger partial charge in [0, 0.05) is 11.9 Å². The molecule has 0 unspecified atom stereocenters. The van der Waals surface area contributed by atoms with Crippen LogP contribution in [0.2, 0.25) is 5.15 Å². The standard InChI is InChI=1S/C11H8ClF3N4O2S/c12-9-8(11(13,14)15)5-17-10(19-9)18-6-1-3-7(4-2-6)22(16,20)21/h1-5H,(H2,16,20,21)(H,17,18,19). The number of nitrogens with two attached hydrogens (primary N) is 1. The molecule has 1 aromatic carbocycles. The molecule has 0 fully saturated rings. The van der Waals surface area contributed by atoms with Crippen LogP contribution >= 0.6 is 11.6 Å². The van der Waals surface area contributed by atoms with Crippen LogP contribution in [0.1, 0.15) is 5.56 Å². The van der Waals surface area contributed by atoms with Crippen molar-refractivity contribution in [3.8, 4) is 0 Å². The summed E-state index contributed by atoms with van der Waals surface area (Å²) in [7, 11) is -3.83. The van der Waals surface area contributed by atoms with Crippen molar-refractivity contribution >= 4 is 33.3 Å². The molecule has 11 heteroatoms. The van der Waals surface area contributed by atoms with Crippen molar-refractivity contribution in [1.82, 2.24) is 9.97 Å². The predicted molar refractivity (Wildman–Crippen MR) is 73.1 cm³/mol. The van der Waals surface area contributed by atoms with Gasteiger partial charge >= 0.3 is 6.18 Å². The summed E-state index contributed by atoms with van der Waals surface area (Å²) < 4.78 is 59.7. The fraction of sp³-hybridized carbons (Fsp3) is 0.0909. The molecule has 3 N–H and O–H groups in total. The van der Waals surface area contributed by atoms with E-state index < -0.39 is 26.9 Å². The summed E-state index contributed by atoms with van der Waals surface area (Å²) in [6.07, 6.45) is -4.09. The summed E-state index contributed by atoms with van der Waals surface area (Å²) >= 11 is 5.46. The zero-order chi connectivity index (χ0) is 16.5. The lowest BCUT2D eigenvalue weighted by atomic mass is 10.3. The second kappa shape index (κ2) is 5.71. The monoisotopic (exact) mass is 352 g/mol. The molecular formula is C11H8ClF3N4O2S. The van der Waals surface area contributed by atoms with E-state index in [0.717, 1.165) is 0 Å². The Kier molecular flexibility index (Phi) is 4.27. The molecule has 0 spiro atoms. The maximum absolute atomic E-state index is 12.5. The minimum Gasteiger partial charge on any atom is -0.324 e. The lowest BCUT2D eigenvalue weighted by Gasteiger charge is -2.10. The van der Waals surface area contributed by atoms with Gasteiger partial charge in [0.2, 0.25) is 16.0 Å². The lowest BCUT2D eigenvalue weighted by molar-refractivity contribution is -0.137. The molecule has 0 atom stereocenters. The minimum absolute atomic E-state index is 0.107. The summed E-state index contributed by atoms with van der Waals surface area (Å²) in [5.41, 5.74) is -0.799. The predicted octanol–water partition coefficient (Wildman–Crippen LogP) is 2.54. The minimum atomic E-state index is -4.65. The van der Waals surface area contributed by atoms with Gasteiger partial charge in [-0.05, 0) is 24.3 Å². The third kappa shape index (κ3) is 3.84. The number of halogens is 4. The second-order valence-electron chi connectivity index (χ2n) is 4.09. The number of sulfonamides is 1. The van der Waals surface area contributed by atoms with Gasteiger partial charge in [-0.2, -0.15) is 13.2 Å². The molecule has 2 rings (SSSR count). The van der Waals surface area contributed by atoms with Gasteiger partial charge in [-0.1, -0.05) is 11.6 Å². The van der Waals surface area contributed by atoms with Crippen LogP contribution < -0.4 is 10.5 Å². The van der Waals surface area contributed by atoms with Crippen molar-refractivity contribution in [1.29, 1.82) is 0 Å². The van der Waals surface area contributed by atoms with Crippen molar-refractivity contribution in [3.05, 3.63) is 41.2 Å². The molecular weight excluding hydrogens is 345 g/mol. The molecule has 1 aromatic heterocycles. The van der Waals surface area contributed by atoms with Gasteiger partial charge < -0.3 is 5.32 Å². The van der Waals surface area contributed by atoms with Crippen LogP contribution in [0.15, 0.2) is 35.4 Å². The summed E-state index contributed by atoms with van der Waals surface area (Å²) in [5, 5.41) is 6.79. The van der Waals surface area contributed by atoms with E-state index >= 15 is 0 Å². The largest absolute Gasteiger partial charge is 0.420 e. The zero-order valence-corrected chi connectivity index (χ0v) is 12.2. The third-order valence-corrected chi connectivity index (χ3v) is 3.70. The molecule has 0 aliphatic carbocycles. The maximum atomic E-state index is 12.5. The lowest BCUT2D eigenvalue weighted by Crippen LogP contribution is -2.12. The Morgan fingerprint density at radius 3 is 2.23 bits per heavy atom. The van der Waals surface area contributed by atoms with Crippen LogP contribution in [0.3, 0.4) is 0 Å². The van der Waals surface area contributed by atoms with Crippen LogP contribution in [0, 0.1) is 0 Å². The number of anilines is 2. The maximum Gasteiger partial charge on any atom is 0.420 e. The van der Waals surface area contributed by atoms with Crippen LogP contribution in [-0.4, -0.2) is 18.4 Å². The molecule has 0 bridgehead atoms. The highest BCUT2D eigenvalue weighted by Crippen LogP contribution is 2.33. The zero-order valence-electron chi connectivity index (χ0n) is 10.6. The van der Waals surface area contributed by atoms with E-state index in [1.54, 1.807) is 0 Å². The van der Waals surface area contributed by atoms with E-state index in [2.05, 4.69) is 15.3 Å². The summed E-state index contributed by atoms with van der Waals surface area (Å²) in [6.45, 7) is 0. The number of aromatic nitrogens is 2. The van der Waals surface area contributed by atoms with E-state index in [1.165, 1.54) is 24.3 Å². The Morgan fingerprint density at radius 1 is 1.18 bits per heavy atom. The number of rotatable bonds is 3. The Balaban J connectivity index is 2.23. The molecule has 6 nitrogen and oxygen atoms in total. The molecule has 0 saturated carbocycles. The molecule has 0 saturated heterocycles. The Hall–Kier alpha value is -1.91. The van der Waals surface area contributed by atoms with Crippen molar-refractivity contribution in [2.75, 3.05) is 5.32 Å². The SMILES string of the molecule is NS(=O)(=O)c1ccc(Nc2ncc(C(F)(F)F)c(Cl)n2)cc1. The second-order valence-corrected chi connectivity index (χ2v) is 6.01. The van der Waals surface area contributed by atoms with Crippen molar-refractivity contribution in [2.45, 2.75) is 11.1 Å². The molecule has 1 heterocycles. The fourth-order valence-electron chi connectivity index (χ4n) is 1.47. The number of hydrogen-bond donors (Lipinski definition) is 2. The smallest absolute Gasteiger partial charge is 0.324 e. The van der Waals surface area contributed by atoms with Gasteiger partial charge in [0.1, 0.15) is 10.7 Å². The van der Waals surface area contributed by atoms with Gasteiger partial charge in [-0.3, -0.25) is 0 Å². The van der Waals surface area contributed by atoms with Crippen LogP contribution in [0.4, 0.5) is 24.8 Å².